The molecule has 1 aromatic carbocycles. The second-order valence-corrected chi connectivity index (χ2v) is 11.0. The molecule has 2 aromatic rings. The third-order valence-corrected chi connectivity index (χ3v) is 7.16. The monoisotopic (exact) mass is 474 g/mol. The van der Waals surface area contributed by atoms with Crippen LogP contribution in [-0.4, -0.2) is 38.4 Å². The molecule has 1 N–H and O–H groups in total. The molecule has 2 heterocycles. The minimum Gasteiger partial charge on any atom is -0.429 e. The highest BCUT2D eigenvalue weighted by atomic mass is 16.6. The normalized spacial score (nSPS) is 23.3. The van der Waals surface area contributed by atoms with Crippen LogP contribution in [-0.2, 0) is 4.74 Å². The first-order valence-corrected chi connectivity index (χ1v) is 12.7. The zero-order valence-electron chi connectivity index (χ0n) is 20.8. The van der Waals surface area contributed by atoms with E-state index in [0.29, 0.717) is 31.3 Å². The van der Waals surface area contributed by atoms with Crippen LogP contribution in [0, 0.1) is 17.8 Å². The predicted molar refractivity (Wildman–Crippen MR) is 135 cm³/mol. The van der Waals surface area contributed by atoms with Gasteiger partial charge in [-0.05, 0) is 69.2 Å². The van der Waals surface area contributed by atoms with Crippen LogP contribution in [0.25, 0.3) is 11.1 Å². The molecule has 184 valence electrons. The van der Waals surface area contributed by atoms with Crippen molar-refractivity contribution in [3.05, 3.63) is 58.5 Å². The number of pyridine rings is 1. The molecule has 3 aliphatic rings. The van der Waals surface area contributed by atoms with Crippen molar-refractivity contribution in [2.24, 2.45) is 5.92 Å². The van der Waals surface area contributed by atoms with E-state index in [0.717, 1.165) is 42.4 Å². The van der Waals surface area contributed by atoms with Crippen molar-refractivity contribution in [2.45, 2.75) is 82.6 Å². The lowest BCUT2D eigenvalue weighted by Crippen LogP contribution is -2.52. The minimum atomic E-state index is -0.985. The molecule has 0 radical (unpaired) electrons. The lowest BCUT2D eigenvalue weighted by molar-refractivity contribution is -0.0653. The molecule has 2 aliphatic carbocycles. The Hall–Kier alpha value is -3.04. The van der Waals surface area contributed by atoms with Crippen LogP contribution < -0.4 is 5.56 Å². The van der Waals surface area contributed by atoms with Crippen LogP contribution in [0.4, 0.5) is 4.79 Å². The van der Waals surface area contributed by atoms with Gasteiger partial charge >= 0.3 is 6.09 Å². The molecular weight excluding hydrogens is 440 g/mol. The van der Waals surface area contributed by atoms with Crippen LogP contribution in [0.3, 0.4) is 0 Å². The number of hydrogen-bond donors (Lipinski definition) is 1. The Morgan fingerprint density at radius 2 is 1.83 bits per heavy atom. The van der Waals surface area contributed by atoms with Gasteiger partial charge in [0.05, 0.1) is 11.6 Å². The van der Waals surface area contributed by atoms with Gasteiger partial charge in [0.25, 0.3) is 5.56 Å². The summed E-state index contributed by atoms with van der Waals surface area (Å²) in [5, 5.41) is 10.4. The summed E-state index contributed by atoms with van der Waals surface area (Å²) in [6.07, 6.45) is 6.70. The van der Waals surface area contributed by atoms with E-state index >= 15 is 0 Å². The molecular formula is C29H34N2O4. The number of rotatable bonds is 6. The molecule has 2 unspecified atom stereocenters. The first kappa shape index (κ1) is 23.7. The van der Waals surface area contributed by atoms with Gasteiger partial charge < -0.3 is 19.3 Å². The summed E-state index contributed by atoms with van der Waals surface area (Å²) in [6.45, 7) is 5.96. The van der Waals surface area contributed by atoms with Crippen LogP contribution in [0.5, 0.6) is 0 Å². The van der Waals surface area contributed by atoms with E-state index in [1.807, 2.05) is 48.0 Å². The lowest BCUT2D eigenvalue weighted by atomic mass is 9.85. The molecule has 1 aromatic heterocycles. The highest BCUT2D eigenvalue weighted by molar-refractivity contribution is 5.71. The summed E-state index contributed by atoms with van der Waals surface area (Å²) in [5.41, 5.74) is 0.977. The van der Waals surface area contributed by atoms with E-state index in [9.17, 15) is 14.7 Å². The van der Waals surface area contributed by atoms with Crippen molar-refractivity contribution in [2.75, 3.05) is 6.54 Å². The SMILES string of the molecule is CC(c1ccc(-c2ccn(C3CC3)c(=O)c2)cc1)N1CCC(C#CC2CC2)(CC(C)(C)O)OC1=O. The maximum atomic E-state index is 13.1. The van der Waals surface area contributed by atoms with E-state index in [-0.39, 0.29) is 11.6 Å². The number of carbonyl (C=O) groups excluding carboxylic acids is 1. The smallest absolute Gasteiger partial charge is 0.411 e. The van der Waals surface area contributed by atoms with Crippen molar-refractivity contribution in [3.63, 3.8) is 0 Å². The summed E-state index contributed by atoms with van der Waals surface area (Å²) >= 11 is 0. The fourth-order valence-corrected chi connectivity index (χ4v) is 4.90. The van der Waals surface area contributed by atoms with Crippen molar-refractivity contribution >= 4 is 6.09 Å². The second kappa shape index (κ2) is 8.87. The van der Waals surface area contributed by atoms with Crippen molar-refractivity contribution in [1.29, 1.82) is 0 Å². The maximum Gasteiger partial charge on any atom is 0.411 e. The number of hydrogen-bond acceptors (Lipinski definition) is 4. The number of aliphatic hydroxyl groups is 1. The summed E-state index contributed by atoms with van der Waals surface area (Å²) in [5.74, 6) is 6.86. The molecule has 6 heteroatoms. The van der Waals surface area contributed by atoms with Crippen LogP contribution in [0.2, 0.25) is 0 Å². The third kappa shape index (κ3) is 5.46. The lowest BCUT2D eigenvalue weighted by Gasteiger charge is -2.42. The molecule has 2 saturated carbocycles. The number of carbonyl (C=O) groups is 1. The zero-order valence-corrected chi connectivity index (χ0v) is 20.8. The van der Waals surface area contributed by atoms with Crippen LogP contribution in [0.15, 0.2) is 47.4 Å². The number of amides is 1. The molecule has 1 aliphatic heterocycles. The molecule has 1 saturated heterocycles. The maximum absolute atomic E-state index is 13.1. The molecule has 0 spiro atoms. The average Bonchev–Trinajstić information content (AvgIpc) is 3.71. The number of benzene rings is 1. The Morgan fingerprint density at radius 3 is 2.40 bits per heavy atom. The molecule has 5 rings (SSSR count). The highest BCUT2D eigenvalue weighted by Gasteiger charge is 2.44. The fraction of sp³-hybridized carbons (Fsp3) is 0.517. The average molecular weight is 475 g/mol. The first-order chi connectivity index (χ1) is 16.6. The quantitative estimate of drug-likeness (QED) is 0.594. The molecule has 1 amide bonds. The van der Waals surface area contributed by atoms with Gasteiger partial charge in [-0.3, -0.25) is 4.79 Å². The Balaban J connectivity index is 1.29. The zero-order chi connectivity index (χ0) is 24.8. The Labute approximate surface area is 206 Å². The number of aromatic nitrogens is 1. The number of ether oxygens (including phenoxy) is 1. The van der Waals surface area contributed by atoms with E-state index in [1.165, 1.54) is 0 Å². The largest absolute Gasteiger partial charge is 0.429 e. The van der Waals surface area contributed by atoms with Gasteiger partial charge in [-0.25, -0.2) is 4.79 Å². The molecule has 2 atom stereocenters. The van der Waals surface area contributed by atoms with Gasteiger partial charge in [-0.1, -0.05) is 36.1 Å². The van der Waals surface area contributed by atoms with Crippen LogP contribution in [0.1, 0.15) is 76.9 Å². The Kier molecular flexibility index (Phi) is 6.01. The second-order valence-electron chi connectivity index (χ2n) is 11.0. The summed E-state index contributed by atoms with van der Waals surface area (Å²) in [6, 6.07) is 11.9. The third-order valence-electron chi connectivity index (χ3n) is 7.16. The van der Waals surface area contributed by atoms with E-state index in [4.69, 9.17) is 4.74 Å². The van der Waals surface area contributed by atoms with Crippen molar-refractivity contribution < 1.29 is 14.6 Å². The van der Waals surface area contributed by atoms with Gasteiger partial charge in [0, 0.05) is 43.6 Å². The summed E-state index contributed by atoms with van der Waals surface area (Å²) in [7, 11) is 0. The number of cyclic esters (lactones) is 1. The van der Waals surface area contributed by atoms with E-state index in [2.05, 4.69) is 11.8 Å². The van der Waals surface area contributed by atoms with Gasteiger partial charge in [0.15, 0.2) is 5.60 Å². The molecule has 35 heavy (non-hydrogen) atoms. The fourth-order valence-electron chi connectivity index (χ4n) is 4.90. The minimum absolute atomic E-state index is 0.0397. The van der Waals surface area contributed by atoms with Gasteiger partial charge in [-0.2, -0.15) is 0 Å². The Morgan fingerprint density at radius 1 is 1.11 bits per heavy atom. The van der Waals surface area contributed by atoms with Crippen LogP contribution >= 0.6 is 0 Å². The molecule has 3 fully saturated rings. The van der Waals surface area contributed by atoms with Gasteiger partial charge in [0.2, 0.25) is 0 Å². The van der Waals surface area contributed by atoms with Gasteiger partial charge in [-0.15, -0.1) is 0 Å². The summed E-state index contributed by atoms with van der Waals surface area (Å²) in [4.78, 5) is 27.3. The summed E-state index contributed by atoms with van der Waals surface area (Å²) < 4.78 is 7.76. The highest BCUT2D eigenvalue weighted by Crippen LogP contribution is 2.37. The van der Waals surface area contributed by atoms with E-state index < -0.39 is 17.3 Å². The number of nitrogens with zero attached hydrogens (tertiary/aromatic N) is 2. The van der Waals surface area contributed by atoms with Crippen molar-refractivity contribution in [3.8, 4) is 23.0 Å². The molecule has 6 nitrogen and oxygen atoms in total. The Bertz CT molecular complexity index is 1220. The molecule has 0 bridgehead atoms. The van der Waals surface area contributed by atoms with Crippen molar-refractivity contribution in [1.82, 2.24) is 9.47 Å². The topological polar surface area (TPSA) is 71.8 Å². The standard InChI is InChI=1S/C29H34N2O4/c1-20(22-6-8-23(9-7-22)24-13-16-31(25-10-11-25)26(32)18-24)30-17-15-29(35-27(30)33,19-28(2,3)34)14-12-21-4-5-21/h6-9,13,16,18,20-21,25,34H,4-5,10-11,15,17,19H2,1-3H3. The first-order valence-electron chi connectivity index (χ1n) is 12.7. The predicted octanol–water partition coefficient (Wildman–Crippen LogP) is 5.07. The van der Waals surface area contributed by atoms with E-state index in [1.54, 1.807) is 24.8 Å². The van der Waals surface area contributed by atoms with Gasteiger partial charge in [0.1, 0.15) is 0 Å².